The molecule has 0 unspecified atom stereocenters. The van der Waals surface area contributed by atoms with Crippen molar-refractivity contribution in [2.75, 3.05) is 6.61 Å². The number of nitrogens with zero attached hydrogens (tertiary/aromatic N) is 1. The fourth-order valence-electron chi connectivity index (χ4n) is 0.995. The summed E-state index contributed by atoms with van der Waals surface area (Å²) in [6.45, 7) is -1.16. The van der Waals surface area contributed by atoms with Crippen LogP contribution in [0, 0.1) is 0 Å². The second kappa shape index (κ2) is 5.09. The summed E-state index contributed by atoms with van der Waals surface area (Å²) in [6, 6.07) is 4.98. The normalized spacial score (nSPS) is 11.7. The van der Waals surface area contributed by atoms with Crippen LogP contribution in [-0.2, 0) is 17.9 Å². The molecule has 0 bridgehead atoms. The molecule has 1 aromatic heterocycles. The lowest BCUT2D eigenvalue weighted by Crippen LogP contribution is -2.17. The summed E-state index contributed by atoms with van der Waals surface area (Å²) in [6.07, 6.45) is -4.30. The van der Waals surface area contributed by atoms with E-state index in [1.54, 1.807) is 18.2 Å². The van der Waals surface area contributed by atoms with Crippen LogP contribution in [0.15, 0.2) is 18.2 Å². The molecule has 0 radical (unpaired) electrons. The topological polar surface area (TPSA) is 48.1 Å². The van der Waals surface area contributed by atoms with Gasteiger partial charge in [-0.25, -0.2) is 0 Å². The first-order valence-electron chi connectivity index (χ1n) is 4.30. The molecule has 0 aliphatic rings. The minimum absolute atomic E-state index is 0.159. The summed E-state index contributed by atoms with van der Waals surface area (Å²) < 4.78 is 39.7. The van der Waals surface area contributed by atoms with Gasteiger partial charge in [-0.15, -0.1) is 0 Å². The zero-order valence-electron chi connectivity index (χ0n) is 7.92. The molecule has 3 nitrogen and oxygen atoms in total. The van der Waals surface area contributed by atoms with Crippen molar-refractivity contribution in [3.63, 3.8) is 0 Å². The average molecular weight is 220 g/mol. The summed E-state index contributed by atoms with van der Waals surface area (Å²) >= 11 is 0. The number of aromatic nitrogens is 1. The Balaban J connectivity index is 2.44. The molecule has 0 fully saturated rings. The van der Waals surface area contributed by atoms with Gasteiger partial charge in [0.1, 0.15) is 6.61 Å². The Kier molecular flexibility index (Phi) is 4.05. The van der Waals surface area contributed by atoms with Crippen molar-refractivity contribution >= 4 is 0 Å². The molecule has 15 heavy (non-hydrogen) atoms. The van der Waals surface area contributed by atoms with Gasteiger partial charge in [0.25, 0.3) is 0 Å². The van der Waals surface area contributed by atoms with Crippen LogP contribution in [0.4, 0.5) is 13.2 Å². The van der Waals surface area contributed by atoms with Crippen LogP contribution in [-0.4, -0.2) is 17.8 Å². The fraction of sp³-hybridized carbons (Fsp3) is 0.444. The maximum Gasteiger partial charge on any atom is 0.411 e. The van der Waals surface area contributed by atoms with Crippen LogP contribution in [0.5, 0.6) is 0 Å². The second-order valence-electron chi connectivity index (χ2n) is 2.93. The van der Waals surface area contributed by atoms with Crippen molar-refractivity contribution in [2.24, 2.45) is 5.73 Å². The highest BCUT2D eigenvalue weighted by atomic mass is 19.4. The van der Waals surface area contributed by atoms with Gasteiger partial charge in [-0.1, -0.05) is 6.07 Å². The Morgan fingerprint density at radius 3 is 2.53 bits per heavy atom. The quantitative estimate of drug-likeness (QED) is 0.838. The summed E-state index contributed by atoms with van der Waals surface area (Å²) in [7, 11) is 0. The van der Waals surface area contributed by atoms with E-state index in [1.807, 2.05) is 0 Å². The smallest absolute Gasteiger partial charge is 0.366 e. The number of rotatable bonds is 4. The number of pyridine rings is 1. The molecule has 1 rings (SSSR count). The van der Waals surface area contributed by atoms with E-state index in [9.17, 15) is 13.2 Å². The minimum atomic E-state index is -4.30. The third kappa shape index (κ3) is 4.75. The molecule has 2 N–H and O–H groups in total. The minimum Gasteiger partial charge on any atom is -0.366 e. The van der Waals surface area contributed by atoms with Crippen LogP contribution in [0.2, 0.25) is 0 Å². The molecule has 0 aliphatic carbocycles. The molecular formula is C9H11F3N2O. The lowest BCUT2D eigenvalue weighted by Gasteiger charge is -2.07. The molecule has 0 saturated heterocycles. The van der Waals surface area contributed by atoms with Gasteiger partial charge in [-0.3, -0.25) is 4.98 Å². The summed E-state index contributed by atoms with van der Waals surface area (Å²) in [4.78, 5) is 3.99. The monoisotopic (exact) mass is 220 g/mol. The van der Waals surface area contributed by atoms with Gasteiger partial charge in [0.2, 0.25) is 0 Å². The van der Waals surface area contributed by atoms with Crippen molar-refractivity contribution in [1.29, 1.82) is 0 Å². The number of nitrogens with two attached hydrogens (primary N) is 1. The molecule has 0 saturated carbocycles. The maximum atomic E-state index is 11.7. The molecule has 1 aromatic rings. The van der Waals surface area contributed by atoms with E-state index in [4.69, 9.17) is 5.73 Å². The molecule has 0 amide bonds. The summed E-state index contributed by atoms with van der Waals surface area (Å²) in [5, 5.41) is 0. The third-order valence-electron chi connectivity index (χ3n) is 1.59. The lowest BCUT2D eigenvalue weighted by atomic mass is 10.3. The van der Waals surface area contributed by atoms with Crippen LogP contribution in [0.1, 0.15) is 11.4 Å². The first-order valence-corrected chi connectivity index (χ1v) is 4.30. The molecule has 0 atom stereocenters. The van der Waals surface area contributed by atoms with Crippen LogP contribution < -0.4 is 5.73 Å². The Morgan fingerprint density at radius 1 is 1.27 bits per heavy atom. The Morgan fingerprint density at radius 2 is 1.93 bits per heavy atom. The largest absolute Gasteiger partial charge is 0.411 e. The Bertz CT molecular complexity index is 314. The second-order valence-corrected chi connectivity index (χ2v) is 2.93. The first kappa shape index (κ1) is 11.9. The fourth-order valence-corrected chi connectivity index (χ4v) is 0.995. The molecule has 0 aromatic carbocycles. The van der Waals surface area contributed by atoms with Crippen LogP contribution in [0.3, 0.4) is 0 Å². The van der Waals surface area contributed by atoms with E-state index in [0.717, 1.165) is 0 Å². The van der Waals surface area contributed by atoms with Gasteiger partial charge in [-0.05, 0) is 12.1 Å². The van der Waals surface area contributed by atoms with Gasteiger partial charge >= 0.3 is 6.18 Å². The number of halogens is 3. The van der Waals surface area contributed by atoms with Crippen LogP contribution >= 0.6 is 0 Å². The van der Waals surface area contributed by atoms with E-state index in [-0.39, 0.29) is 13.2 Å². The lowest BCUT2D eigenvalue weighted by molar-refractivity contribution is -0.176. The third-order valence-corrected chi connectivity index (χ3v) is 1.59. The van der Waals surface area contributed by atoms with E-state index in [1.165, 1.54) is 0 Å². The number of hydrogen-bond acceptors (Lipinski definition) is 3. The van der Waals surface area contributed by atoms with Gasteiger partial charge in [0.15, 0.2) is 0 Å². The predicted octanol–water partition coefficient (Wildman–Crippen LogP) is 1.62. The van der Waals surface area contributed by atoms with Crippen LogP contribution in [0.25, 0.3) is 0 Å². The van der Waals surface area contributed by atoms with Crippen molar-refractivity contribution in [2.45, 2.75) is 19.3 Å². The summed E-state index contributed by atoms with van der Waals surface area (Å²) in [5.41, 5.74) is 6.41. The molecule has 1 heterocycles. The maximum absolute atomic E-state index is 11.7. The summed E-state index contributed by atoms with van der Waals surface area (Å²) in [5.74, 6) is 0. The number of alkyl halides is 3. The zero-order chi connectivity index (χ0) is 11.3. The average Bonchev–Trinajstić information content (AvgIpc) is 2.16. The predicted molar refractivity (Wildman–Crippen MR) is 47.8 cm³/mol. The number of hydrogen-bond donors (Lipinski definition) is 1. The van der Waals surface area contributed by atoms with Gasteiger partial charge in [0, 0.05) is 6.54 Å². The highest BCUT2D eigenvalue weighted by Gasteiger charge is 2.27. The number of ether oxygens (including phenoxy) is 1. The van der Waals surface area contributed by atoms with Crippen molar-refractivity contribution in [3.8, 4) is 0 Å². The van der Waals surface area contributed by atoms with Crippen molar-refractivity contribution in [3.05, 3.63) is 29.6 Å². The van der Waals surface area contributed by atoms with E-state index in [0.29, 0.717) is 11.4 Å². The van der Waals surface area contributed by atoms with Crippen molar-refractivity contribution < 1.29 is 17.9 Å². The van der Waals surface area contributed by atoms with Gasteiger partial charge in [0.05, 0.1) is 18.0 Å². The SMILES string of the molecule is NCc1cccc(COCC(F)(F)F)n1. The first-order chi connectivity index (χ1) is 7.01. The molecular weight excluding hydrogens is 209 g/mol. The zero-order valence-corrected chi connectivity index (χ0v) is 7.92. The Hall–Kier alpha value is -1.14. The highest BCUT2D eigenvalue weighted by molar-refractivity contribution is 5.10. The van der Waals surface area contributed by atoms with E-state index in [2.05, 4.69) is 9.72 Å². The standard InChI is InChI=1S/C9H11F3N2O/c10-9(11,12)6-15-5-8-3-1-2-7(4-13)14-8/h1-3H,4-6,13H2. The van der Waals surface area contributed by atoms with E-state index < -0.39 is 12.8 Å². The molecule has 0 aliphatic heterocycles. The van der Waals surface area contributed by atoms with Gasteiger partial charge in [-0.2, -0.15) is 13.2 Å². The van der Waals surface area contributed by atoms with E-state index >= 15 is 0 Å². The van der Waals surface area contributed by atoms with Gasteiger partial charge < -0.3 is 10.5 Å². The highest BCUT2D eigenvalue weighted by Crippen LogP contribution is 2.15. The van der Waals surface area contributed by atoms with Crippen molar-refractivity contribution in [1.82, 2.24) is 4.98 Å². The molecule has 6 heteroatoms. The molecule has 84 valence electrons. The molecule has 0 spiro atoms. The Labute approximate surface area is 85.1 Å².